The van der Waals surface area contributed by atoms with Crippen molar-refractivity contribution in [2.45, 2.75) is 44.3 Å². The minimum atomic E-state index is -0.238. The van der Waals surface area contributed by atoms with Gasteiger partial charge in [-0.05, 0) is 38.2 Å². The van der Waals surface area contributed by atoms with Crippen LogP contribution in [0.2, 0.25) is 0 Å². The van der Waals surface area contributed by atoms with Crippen LogP contribution in [-0.2, 0) is 28.9 Å². The van der Waals surface area contributed by atoms with Crippen LogP contribution in [0.4, 0.5) is 5.88 Å². The lowest BCUT2D eigenvalue weighted by Gasteiger charge is -2.12. The van der Waals surface area contributed by atoms with Crippen molar-refractivity contribution >= 4 is 45.1 Å². The first kappa shape index (κ1) is 20.1. The molecule has 3 heterocycles. The number of hydrogen-bond acceptors (Lipinski definition) is 8. The van der Waals surface area contributed by atoms with Gasteiger partial charge in [0.05, 0.1) is 16.8 Å². The first-order valence-corrected chi connectivity index (χ1v) is 11.3. The molecule has 3 aromatic heterocycles. The molecule has 1 N–H and O–H groups in total. The molecule has 154 valence electrons. The van der Waals surface area contributed by atoms with Crippen molar-refractivity contribution in [1.82, 2.24) is 14.7 Å². The maximum absolute atomic E-state index is 13.3. The molecule has 3 aromatic rings. The van der Waals surface area contributed by atoms with Crippen LogP contribution in [0.15, 0.2) is 20.5 Å². The second kappa shape index (κ2) is 8.68. The number of methoxy groups -OCH3 is 1. The number of hydrogen-bond donors (Lipinski definition) is 1. The maximum Gasteiger partial charge on any atom is 0.263 e. The number of fused-ring (bicyclic) bond motifs is 3. The molecule has 0 aromatic carbocycles. The van der Waals surface area contributed by atoms with Gasteiger partial charge in [-0.2, -0.15) is 0 Å². The number of amides is 1. The van der Waals surface area contributed by atoms with Crippen LogP contribution in [0, 0.1) is 6.92 Å². The average molecular weight is 435 g/mol. The summed E-state index contributed by atoms with van der Waals surface area (Å²) < 4.78 is 11.8. The number of carbonyl (C=O) groups is 1. The Balaban J connectivity index is 1.58. The number of aromatic nitrogens is 3. The van der Waals surface area contributed by atoms with E-state index in [0.29, 0.717) is 36.3 Å². The molecule has 1 aliphatic rings. The van der Waals surface area contributed by atoms with E-state index < -0.39 is 0 Å². The molecule has 8 nitrogen and oxygen atoms in total. The smallest absolute Gasteiger partial charge is 0.263 e. The summed E-state index contributed by atoms with van der Waals surface area (Å²) in [5.74, 6) is 0.189. The minimum absolute atomic E-state index is 0.0146. The van der Waals surface area contributed by atoms with Gasteiger partial charge >= 0.3 is 0 Å². The third-order valence-corrected chi connectivity index (χ3v) is 6.91. The Kier molecular flexibility index (Phi) is 6.02. The molecule has 0 fully saturated rings. The first-order valence-electron chi connectivity index (χ1n) is 9.47. The number of carbonyl (C=O) groups excluding carboxylic acids is 1. The average Bonchev–Trinajstić information content (AvgIpc) is 3.38. The fourth-order valence-corrected chi connectivity index (χ4v) is 5.59. The van der Waals surface area contributed by atoms with Crippen molar-refractivity contribution in [1.29, 1.82) is 0 Å². The molecular weight excluding hydrogens is 412 g/mol. The van der Waals surface area contributed by atoms with Gasteiger partial charge in [0.15, 0.2) is 5.16 Å². The van der Waals surface area contributed by atoms with Crippen molar-refractivity contribution in [2.75, 3.05) is 24.8 Å². The zero-order chi connectivity index (χ0) is 20.4. The van der Waals surface area contributed by atoms with Crippen LogP contribution in [0.25, 0.3) is 10.2 Å². The highest BCUT2D eigenvalue weighted by atomic mass is 32.2. The van der Waals surface area contributed by atoms with Gasteiger partial charge < -0.3 is 9.26 Å². The predicted molar refractivity (Wildman–Crippen MR) is 113 cm³/mol. The lowest BCUT2D eigenvalue weighted by Crippen LogP contribution is -2.25. The third-order valence-electron chi connectivity index (χ3n) is 4.74. The van der Waals surface area contributed by atoms with E-state index in [1.54, 1.807) is 36.0 Å². The molecule has 0 aliphatic heterocycles. The Hall–Kier alpha value is -2.17. The van der Waals surface area contributed by atoms with E-state index in [0.717, 1.165) is 35.0 Å². The maximum atomic E-state index is 13.3. The third kappa shape index (κ3) is 4.24. The summed E-state index contributed by atoms with van der Waals surface area (Å²) in [6.07, 6.45) is 3.75. The molecule has 29 heavy (non-hydrogen) atoms. The fourth-order valence-electron chi connectivity index (χ4n) is 3.46. The Morgan fingerprint density at radius 2 is 2.31 bits per heavy atom. The van der Waals surface area contributed by atoms with Gasteiger partial charge in [-0.25, -0.2) is 4.98 Å². The topological polar surface area (TPSA) is 99.2 Å². The summed E-state index contributed by atoms with van der Waals surface area (Å²) in [7, 11) is 1.64. The number of anilines is 1. The zero-order valence-electron chi connectivity index (χ0n) is 16.3. The van der Waals surface area contributed by atoms with Gasteiger partial charge in [0.25, 0.3) is 5.56 Å². The second-order valence-corrected chi connectivity index (χ2v) is 8.93. The van der Waals surface area contributed by atoms with Crippen LogP contribution in [0.5, 0.6) is 0 Å². The summed E-state index contributed by atoms with van der Waals surface area (Å²) in [4.78, 5) is 32.3. The fraction of sp³-hybridized carbons (Fsp3) is 0.474. The summed E-state index contributed by atoms with van der Waals surface area (Å²) in [6.45, 7) is 2.84. The van der Waals surface area contributed by atoms with Crippen molar-refractivity contribution in [2.24, 2.45) is 0 Å². The molecule has 10 heteroatoms. The Morgan fingerprint density at radius 1 is 1.45 bits per heavy atom. The number of aryl methyl sites for hydroxylation is 3. The molecule has 0 saturated heterocycles. The van der Waals surface area contributed by atoms with Crippen molar-refractivity contribution in [3.8, 4) is 0 Å². The number of thiophene rings is 1. The Morgan fingerprint density at radius 3 is 3.07 bits per heavy atom. The lowest BCUT2D eigenvalue weighted by molar-refractivity contribution is -0.113. The van der Waals surface area contributed by atoms with Crippen LogP contribution in [0.3, 0.4) is 0 Å². The number of thioether (sulfide) groups is 1. The predicted octanol–water partition coefficient (Wildman–Crippen LogP) is 3.01. The molecule has 0 saturated carbocycles. The molecule has 1 aliphatic carbocycles. The van der Waals surface area contributed by atoms with Crippen molar-refractivity contribution < 1.29 is 14.1 Å². The Labute approximate surface area is 175 Å². The highest BCUT2D eigenvalue weighted by molar-refractivity contribution is 7.99. The molecule has 4 rings (SSSR count). The quantitative estimate of drug-likeness (QED) is 0.330. The highest BCUT2D eigenvalue weighted by Crippen LogP contribution is 2.35. The number of rotatable bonds is 8. The molecule has 0 unspecified atom stereocenters. The van der Waals surface area contributed by atoms with E-state index in [1.165, 1.54) is 16.6 Å². The summed E-state index contributed by atoms with van der Waals surface area (Å²) in [5, 5.41) is 7.73. The molecule has 0 bridgehead atoms. The largest absolute Gasteiger partial charge is 0.385 e. The minimum Gasteiger partial charge on any atom is -0.385 e. The molecule has 0 atom stereocenters. The molecule has 0 spiro atoms. The highest BCUT2D eigenvalue weighted by Gasteiger charge is 2.23. The van der Waals surface area contributed by atoms with E-state index in [9.17, 15) is 9.59 Å². The van der Waals surface area contributed by atoms with Gasteiger partial charge in [0.1, 0.15) is 4.83 Å². The van der Waals surface area contributed by atoms with Crippen LogP contribution in [0.1, 0.15) is 29.0 Å². The van der Waals surface area contributed by atoms with Gasteiger partial charge in [0.2, 0.25) is 11.8 Å². The number of ether oxygens (including phenoxy) is 1. The molecule has 1 amide bonds. The molecular formula is C19H22N4O4S2. The van der Waals surface area contributed by atoms with Gasteiger partial charge in [-0.3, -0.25) is 19.5 Å². The zero-order valence-corrected chi connectivity index (χ0v) is 18.0. The summed E-state index contributed by atoms with van der Waals surface area (Å²) in [6, 6.07) is 1.65. The number of nitrogens with one attached hydrogen (secondary N) is 1. The van der Waals surface area contributed by atoms with E-state index in [-0.39, 0.29) is 17.2 Å². The second-order valence-electron chi connectivity index (χ2n) is 6.90. The Bertz CT molecular complexity index is 1100. The van der Waals surface area contributed by atoms with E-state index in [4.69, 9.17) is 14.2 Å². The van der Waals surface area contributed by atoms with Crippen LogP contribution < -0.4 is 10.9 Å². The van der Waals surface area contributed by atoms with E-state index in [2.05, 4.69) is 10.5 Å². The number of nitrogens with zero attached hydrogens (tertiary/aromatic N) is 3. The normalized spacial score (nSPS) is 13.2. The molecule has 0 radical (unpaired) electrons. The SMILES string of the molecule is COCCCn1c(SCC(=O)Nc2cc(C)no2)nc2sc3c(c2c1=O)CCC3. The van der Waals surface area contributed by atoms with Gasteiger partial charge in [-0.15, -0.1) is 11.3 Å². The first-order chi connectivity index (χ1) is 14.1. The van der Waals surface area contributed by atoms with Gasteiger partial charge in [0, 0.05) is 31.2 Å². The van der Waals surface area contributed by atoms with Gasteiger partial charge in [-0.1, -0.05) is 16.9 Å². The summed E-state index contributed by atoms with van der Waals surface area (Å²) >= 11 is 2.86. The van der Waals surface area contributed by atoms with E-state index >= 15 is 0 Å². The van der Waals surface area contributed by atoms with Crippen molar-refractivity contribution in [3.63, 3.8) is 0 Å². The monoisotopic (exact) mass is 434 g/mol. The summed E-state index contributed by atoms with van der Waals surface area (Å²) in [5.41, 5.74) is 1.84. The van der Waals surface area contributed by atoms with Crippen molar-refractivity contribution in [3.05, 3.63) is 32.6 Å². The standard InChI is InChI=1S/C19H22N4O4S2/c1-11-9-15(27-22-11)20-14(24)10-28-19-21-17-16(12-5-3-6-13(12)29-17)18(25)23(19)7-4-8-26-2/h9H,3-8,10H2,1-2H3,(H,20,24). The lowest BCUT2D eigenvalue weighted by atomic mass is 10.2. The van der Waals surface area contributed by atoms with Crippen LogP contribution >= 0.6 is 23.1 Å². The van der Waals surface area contributed by atoms with E-state index in [1.807, 2.05) is 0 Å². The van der Waals surface area contributed by atoms with Crippen LogP contribution in [-0.4, -0.2) is 40.1 Å².